The van der Waals surface area contributed by atoms with Gasteiger partial charge < -0.3 is 5.73 Å². The fourth-order valence-electron chi connectivity index (χ4n) is 1.59. The largest absolute Gasteiger partial charge is 0.327 e. The molecule has 2 N–H and O–H groups in total. The van der Waals surface area contributed by atoms with Gasteiger partial charge in [0.05, 0.1) is 5.02 Å². The zero-order valence-corrected chi connectivity index (χ0v) is 9.89. The molecule has 0 bridgehead atoms. The molecule has 0 fully saturated rings. The molecule has 0 aromatic heterocycles. The van der Waals surface area contributed by atoms with Crippen molar-refractivity contribution in [2.24, 2.45) is 11.7 Å². The van der Waals surface area contributed by atoms with Gasteiger partial charge in [0.15, 0.2) is 0 Å². The van der Waals surface area contributed by atoms with Gasteiger partial charge in [0, 0.05) is 6.04 Å². The molecule has 0 saturated carbocycles. The maximum atomic E-state index is 13.1. The highest BCUT2D eigenvalue weighted by Gasteiger charge is 2.12. The van der Waals surface area contributed by atoms with Gasteiger partial charge >= 0.3 is 0 Å². The Kier molecular flexibility index (Phi) is 4.55. The van der Waals surface area contributed by atoms with E-state index in [1.54, 1.807) is 6.07 Å². The van der Waals surface area contributed by atoms with E-state index >= 15 is 0 Å². The minimum Gasteiger partial charge on any atom is -0.327 e. The number of benzene rings is 1. The quantitative estimate of drug-likeness (QED) is 0.842. The van der Waals surface area contributed by atoms with Crippen LogP contribution in [0.3, 0.4) is 0 Å². The summed E-state index contributed by atoms with van der Waals surface area (Å²) in [5.74, 6) is 0.00186. The SMILES string of the molecule is CCC(N)C(C)Cc1ccc(Cl)c(F)c1. The Morgan fingerprint density at radius 1 is 1.47 bits per heavy atom. The molecule has 0 aliphatic carbocycles. The van der Waals surface area contributed by atoms with Crippen molar-refractivity contribution in [3.63, 3.8) is 0 Å². The molecule has 0 heterocycles. The number of rotatable bonds is 4. The molecular weight excluding hydrogens is 213 g/mol. The number of halogens is 2. The van der Waals surface area contributed by atoms with Crippen LogP contribution in [0.15, 0.2) is 18.2 Å². The molecule has 1 rings (SSSR count). The summed E-state index contributed by atoms with van der Waals surface area (Å²) in [6.07, 6.45) is 1.74. The minimum atomic E-state index is -0.355. The summed E-state index contributed by atoms with van der Waals surface area (Å²) in [4.78, 5) is 0. The number of nitrogens with two attached hydrogens (primary N) is 1. The van der Waals surface area contributed by atoms with Gasteiger partial charge in [-0.15, -0.1) is 0 Å². The van der Waals surface area contributed by atoms with E-state index in [4.69, 9.17) is 17.3 Å². The summed E-state index contributed by atoms with van der Waals surface area (Å²) in [7, 11) is 0. The van der Waals surface area contributed by atoms with E-state index in [9.17, 15) is 4.39 Å². The number of hydrogen-bond acceptors (Lipinski definition) is 1. The lowest BCUT2D eigenvalue weighted by atomic mass is 9.93. The maximum Gasteiger partial charge on any atom is 0.142 e. The van der Waals surface area contributed by atoms with Crippen LogP contribution in [0.4, 0.5) is 4.39 Å². The van der Waals surface area contributed by atoms with Gasteiger partial charge in [-0.1, -0.05) is 31.5 Å². The highest BCUT2D eigenvalue weighted by Crippen LogP contribution is 2.19. The van der Waals surface area contributed by atoms with Crippen LogP contribution in [0.5, 0.6) is 0 Å². The van der Waals surface area contributed by atoms with Crippen molar-refractivity contribution in [3.05, 3.63) is 34.6 Å². The zero-order chi connectivity index (χ0) is 11.4. The van der Waals surface area contributed by atoms with Crippen LogP contribution < -0.4 is 5.73 Å². The molecule has 15 heavy (non-hydrogen) atoms. The Balaban J connectivity index is 2.68. The van der Waals surface area contributed by atoms with E-state index in [2.05, 4.69) is 13.8 Å². The Morgan fingerprint density at radius 2 is 2.13 bits per heavy atom. The first-order valence-electron chi connectivity index (χ1n) is 5.24. The van der Waals surface area contributed by atoms with Crippen LogP contribution in [0.2, 0.25) is 5.02 Å². The van der Waals surface area contributed by atoms with Crippen molar-refractivity contribution in [1.29, 1.82) is 0 Å². The fraction of sp³-hybridized carbons (Fsp3) is 0.500. The molecule has 0 amide bonds. The lowest BCUT2D eigenvalue weighted by Crippen LogP contribution is -2.28. The summed E-state index contributed by atoms with van der Waals surface area (Å²) >= 11 is 5.61. The molecule has 1 nitrogen and oxygen atoms in total. The predicted molar refractivity (Wildman–Crippen MR) is 62.5 cm³/mol. The van der Waals surface area contributed by atoms with Crippen molar-refractivity contribution in [3.8, 4) is 0 Å². The molecular formula is C12H17ClFN. The summed E-state index contributed by atoms with van der Waals surface area (Å²) in [6, 6.07) is 5.10. The van der Waals surface area contributed by atoms with E-state index in [0.29, 0.717) is 5.92 Å². The molecule has 84 valence electrons. The average Bonchev–Trinajstić information content (AvgIpc) is 2.22. The van der Waals surface area contributed by atoms with Crippen LogP contribution in [0.1, 0.15) is 25.8 Å². The van der Waals surface area contributed by atoms with Crippen LogP contribution >= 0.6 is 11.6 Å². The first-order chi connectivity index (χ1) is 7.04. The van der Waals surface area contributed by atoms with Gasteiger partial charge in [-0.25, -0.2) is 4.39 Å². The van der Waals surface area contributed by atoms with Gasteiger partial charge in [-0.2, -0.15) is 0 Å². The number of hydrogen-bond donors (Lipinski definition) is 1. The van der Waals surface area contributed by atoms with Crippen molar-refractivity contribution in [2.45, 2.75) is 32.7 Å². The topological polar surface area (TPSA) is 26.0 Å². The molecule has 1 aromatic rings. The summed E-state index contributed by atoms with van der Waals surface area (Å²) in [5, 5.41) is 0.172. The molecule has 2 unspecified atom stereocenters. The Bertz CT molecular complexity index is 327. The monoisotopic (exact) mass is 229 g/mol. The molecule has 0 aliphatic rings. The highest BCUT2D eigenvalue weighted by molar-refractivity contribution is 6.30. The molecule has 1 aromatic carbocycles. The Labute approximate surface area is 95.4 Å². The maximum absolute atomic E-state index is 13.1. The van der Waals surface area contributed by atoms with Crippen molar-refractivity contribution in [1.82, 2.24) is 0 Å². The molecule has 0 saturated heterocycles. The summed E-state index contributed by atoms with van der Waals surface area (Å²) < 4.78 is 13.1. The van der Waals surface area contributed by atoms with Gasteiger partial charge in [-0.3, -0.25) is 0 Å². The average molecular weight is 230 g/mol. The van der Waals surface area contributed by atoms with Crippen molar-refractivity contribution in [2.75, 3.05) is 0 Å². The third-order valence-corrected chi connectivity index (χ3v) is 3.05. The summed E-state index contributed by atoms with van der Waals surface area (Å²) in [5.41, 5.74) is 6.86. The van der Waals surface area contributed by atoms with E-state index in [1.807, 2.05) is 6.07 Å². The molecule has 0 radical (unpaired) electrons. The Morgan fingerprint density at radius 3 is 2.67 bits per heavy atom. The van der Waals surface area contributed by atoms with Gasteiger partial charge in [0.1, 0.15) is 5.82 Å². The second-order valence-electron chi connectivity index (χ2n) is 4.00. The van der Waals surface area contributed by atoms with E-state index < -0.39 is 0 Å². The fourth-order valence-corrected chi connectivity index (χ4v) is 1.71. The molecule has 0 spiro atoms. The van der Waals surface area contributed by atoms with Gasteiger partial charge in [0.25, 0.3) is 0 Å². The standard InChI is InChI=1S/C12H17ClFN/c1-3-12(15)8(2)6-9-4-5-10(13)11(14)7-9/h4-5,7-8,12H,3,6,15H2,1-2H3. The van der Waals surface area contributed by atoms with Crippen molar-refractivity contribution >= 4 is 11.6 Å². The van der Waals surface area contributed by atoms with Gasteiger partial charge in [-0.05, 0) is 36.5 Å². The third kappa shape index (κ3) is 3.47. The first-order valence-corrected chi connectivity index (χ1v) is 5.62. The second-order valence-corrected chi connectivity index (χ2v) is 4.41. The van der Waals surface area contributed by atoms with Crippen LogP contribution in [-0.4, -0.2) is 6.04 Å². The van der Waals surface area contributed by atoms with Crippen LogP contribution in [0.25, 0.3) is 0 Å². The second kappa shape index (κ2) is 5.47. The molecule has 2 atom stereocenters. The first kappa shape index (κ1) is 12.5. The predicted octanol–water partition coefficient (Wildman–Crippen LogP) is 3.40. The Hall–Kier alpha value is -0.600. The summed E-state index contributed by atoms with van der Waals surface area (Å²) in [6.45, 7) is 4.14. The smallest absolute Gasteiger partial charge is 0.142 e. The van der Waals surface area contributed by atoms with Crippen LogP contribution in [-0.2, 0) is 6.42 Å². The van der Waals surface area contributed by atoms with E-state index in [1.165, 1.54) is 6.07 Å². The third-order valence-electron chi connectivity index (χ3n) is 2.74. The lowest BCUT2D eigenvalue weighted by Gasteiger charge is -2.18. The van der Waals surface area contributed by atoms with Gasteiger partial charge in [0.2, 0.25) is 0 Å². The van der Waals surface area contributed by atoms with Crippen LogP contribution in [0, 0.1) is 11.7 Å². The molecule has 3 heteroatoms. The zero-order valence-electron chi connectivity index (χ0n) is 9.13. The highest BCUT2D eigenvalue weighted by atomic mass is 35.5. The van der Waals surface area contributed by atoms with E-state index in [0.717, 1.165) is 18.4 Å². The van der Waals surface area contributed by atoms with Crippen molar-refractivity contribution < 1.29 is 4.39 Å². The van der Waals surface area contributed by atoms with E-state index in [-0.39, 0.29) is 16.9 Å². The minimum absolute atomic E-state index is 0.170. The normalized spacial score (nSPS) is 15.0. The lowest BCUT2D eigenvalue weighted by molar-refractivity contribution is 0.441. The molecule has 0 aliphatic heterocycles.